The van der Waals surface area contributed by atoms with Crippen molar-refractivity contribution in [3.63, 3.8) is 0 Å². The lowest BCUT2D eigenvalue weighted by atomic mass is 9.82. The van der Waals surface area contributed by atoms with Crippen LogP contribution in [0.25, 0.3) is 0 Å². The summed E-state index contributed by atoms with van der Waals surface area (Å²) < 4.78 is 22.1. The molecule has 0 saturated carbocycles. The topological polar surface area (TPSA) is 101 Å². The van der Waals surface area contributed by atoms with Crippen molar-refractivity contribution in [3.8, 4) is 23.0 Å². The summed E-state index contributed by atoms with van der Waals surface area (Å²) in [4.78, 5) is 0. The van der Waals surface area contributed by atoms with Gasteiger partial charge in [0.05, 0.1) is 41.7 Å². The molecule has 180 valence electrons. The van der Waals surface area contributed by atoms with E-state index in [0.717, 1.165) is 28.7 Å². The van der Waals surface area contributed by atoms with Gasteiger partial charge in [-0.3, -0.25) is 0 Å². The van der Waals surface area contributed by atoms with Crippen molar-refractivity contribution in [2.24, 2.45) is 0 Å². The van der Waals surface area contributed by atoms with Crippen LogP contribution in [-0.4, -0.2) is 63.9 Å². The van der Waals surface area contributed by atoms with Crippen LogP contribution in [-0.2, 0) is 12.8 Å². The first-order valence-corrected chi connectivity index (χ1v) is 11.3. The molecule has 4 N–H and O–H groups in total. The summed E-state index contributed by atoms with van der Waals surface area (Å²) in [6, 6.07) is 7.92. The van der Waals surface area contributed by atoms with Gasteiger partial charge in [0.25, 0.3) is 0 Å². The van der Waals surface area contributed by atoms with Crippen LogP contribution < -0.4 is 29.6 Å². The standard InChI is InChI=1S/C25H34N2O6/c1-30-22-7-14-5-16(12-28)26-20(18(14)9-24(22)32-3)11-21-19-10-25(33-4)23(31-2)8-15(19)6-17(13-29)27-21/h7-10,16-17,20-21,26-29H,5-6,11-13H2,1-4H3/t16-,17-,20+,21+/m0/s1. The van der Waals surface area contributed by atoms with Gasteiger partial charge in [-0.1, -0.05) is 0 Å². The number of aliphatic hydroxyl groups is 2. The van der Waals surface area contributed by atoms with Crippen LogP contribution >= 0.6 is 0 Å². The van der Waals surface area contributed by atoms with Crippen molar-refractivity contribution in [3.05, 3.63) is 46.5 Å². The summed E-state index contributed by atoms with van der Waals surface area (Å²) >= 11 is 0. The zero-order valence-electron chi connectivity index (χ0n) is 19.7. The Morgan fingerprint density at radius 3 is 1.36 bits per heavy atom. The van der Waals surface area contributed by atoms with Gasteiger partial charge in [0, 0.05) is 24.2 Å². The minimum absolute atomic E-state index is 0.0263. The van der Waals surface area contributed by atoms with Crippen LogP contribution in [0.2, 0.25) is 0 Å². The maximum Gasteiger partial charge on any atom is 0.161 e. The SMILES string of the molecule is COc1cc2c(cc1OC)[C@@H](C[C@H]1N[C@H](CO)Cc3cc(OC)c(OC)cc31)N[C@H](CO)C2. The second-order valence-electron chi connectivity index (χ2n) is 8.65. The predicted octanol–water partition coefficient (Wildman–Crippen LogP) is 1.91. The second-order valence-corrected chi connectivity index (χ2v) is 8.65. The molecule has 2 aliphatic rings. The third-order valence-electron chi connectivity index (χ3n) is 6.76. The first-order chi connectivity index (χ1) is 16.0. The van der Waals surface area contributed by atoms with E-state index in [4.69, 9.17) is 18.9 Å². The highest BCUT2D eigenvalue weighted by atomic mass is 16.5. The van der Waals surface area contributed by atoms with E-state index in [9.17, 15) is 10.2 Å². The summed E-state index contributed by atoms with van der Waals surface area (Å²) in [5.41, 5.74) is 4.54. The summed E-state index contributed by atoms with van der Waals surface area (Å²) in [5, 5.41) is 27.1. The number of aliphatic hydroxyl groups excluding tert-OH is 2. The van der Waals surface area contributed by atoms with Gasteiger partial charge in [0.2, 0.25) is 0 Å². The van der Waals surface area contributed by atoms with E-state index in [2.05, 4.69) is 10.6 Å². The van der Waals surface area contributed by atoms with Crippen LogP contribution in [0.4, 0.5) is 0 Å². The van der Waals surface area contributed by atoms with Crippen molar-refractivity contribution in [1.82, 2.24) is 10.6 Å². The lowest BCUT2D eigenvalue weighted by molar-refractivity contribution is 0.198. The molecule has 8 heteroatoms. The van der Waals surface area contributed by atoms with E-state index >= 15 is 0 Å². The highest BCUT2D eigenvalue weighted by Crippen LogP contribution is 2.42. The van der Waals surface area contributed by atoms with E-state index in [0.29, 0.717) is 35.8 Å². The summed E-state index contributed by atoms with van der Waals surface area (Å²) in [5.74, 6) is 2.74. The second kappa shape index (κ2) is 10.2. The molecule has 0 aromatic heterocycles. The van der Waals surface area contributed by atoms with Gasteiger partial charge < -0.3 is 39.8 Å². The number of benzene rings is 2. The van der Waals surface area contributed by atoms with Crippen LogP contribution in [0.3, 0.4) is 0 Å². The van der Waals surface area contributed by atoms with Crippen LogP contribution in [0.15, 0.2) is 24.3 Å². The third kappa shape index (κ3) is 4.61. The molecule has 2 aromatic carbocycles. The van der Waals surface area contributed by atoms with Gasteiger partial charge in [0.15, 0.2) is 23.0 Å². The van der Waals surface area contributed by atoms with E-state index < -0.39 is 0 Å². The Kier molecular flexibility index (Phi) is 7.29. The minimum atomic E-state index is -0.0531. The molecule has 0 radical (unpaired) electrons. The normalized spacial score (nSPS) is 23.9. The fraction of sp³-hybridized carbons (Fsp3) is 0.520. The van der Waals surface area contributed by atoms with Crippen molar-refractivity contribution in [2.75, 3.05) is 41.7 Å². The van der Waals surface area contributed by atoms with E-state index in [1.54, 1.807) is 28.4 Å². The molecule has 0 bridgehead atoms. The molecule has 8 nitrogen and oxygen atoms in total. The Morgan fingerprint density at radius 2 is 1.03 bits per heavy atom. The van der Waals surface area contributed by atoms with Crippen LogP contribution in [0.5, 0.6) is 23.0 Å². The first-order valence-electron chi connectivity index (χ1n) is 11.3. The molecule has 0 aliphatic carbocycles. The molecule has 0 spiro atoms. The number of rotatable bonds is 8. The number of fused-ring (bicyclic) bond motifs is 2. The van der Waals surface area contributed by atoms with Gasteiger partial charge in [-0.25, -0.2) is 0 Å². The largest absolute Gasteiger partial charge is 0.493 e. The van der Waals surface area contributed by atoms with Crippen LogP contribution in [0, 0.1) is 0 Å². The summed E-state index contributed by atoms with van der Waals surface area (Å²) in [7, 11) is 6.53. The van der Waals surface area contributed by atoms with Crippen molar-refractivity contribution >= 4 is 0 Å². The quantitative estimate of drug-likeness (QED) is 0.476. The highest BCUT2D eigenvalue weighted by molar-refractivity contribution is 5.52. The maximum atomic E-state index is 9.93. The summed E-state index contributed by atoms with van der Waals surface area (Å²) in [6.45, 7) is 0.0898. The Morgan fingerprint density at radius 1 is 0.667 bits per heavy atom. The van der Waals surface area contributed by atoms with Crippen molar-refractivity contribution < 1.29 is 29.2 Å². The maximum absolute atomic E-state index is 9.93. The number of hydrogen-bond donors (Lipinski definition) is 4. The molecule has 2 aromatic rings. The van der Waals surface area contributed by atoms with E-state index in [1.165, 1.54) is 0 Å². The molecule has 0 amide bonds. The fourth-order valence-corrected chi connectivity index (χ4v) is 5.13. The zero-order chi connectivity index (χ0) is 23.5. The van der Waals surface area contributed by atoms with Gasteiger partial charge in [-0.2, -0.15) is 0 Å². The molecular formula is C25H34N2O6. The Labute approximate surface area is 194 Å². The van der Waals surface area contributed by atoms with E-state index in [1.807, 2.05) is 24.3 Å². The number of nitrogens with one attached hydrogen (secondary N) is 2. The highest BCUT2D eigenvalue weighted by Gasteiger charge is 2.34. The molecular weight excluding hydrogens is 424 g/mol. The van der Waals surface area contributed by atoms with Crippen molar-refractivity contribution in [1.29, 1.82) is 0 Å². The molecule has 2 aliphatic heterocycles. The van der Waals surface area contributed by atoms with E-state index in [-0.39, 0.29) is 37.4 Å². The van der Waals surface area contributed by atoms with Crippen LogP contribution in [0.1, 0.15) is 40.8 Å². The number of methoxy groups -OCH3 is 4. The predicted molar refractivity (Wildman–Crippen MR) is 125 cm³/mol. The lowest BCUT2D eigenvalue weighted by Crippen LogP contribution is -2.46. The molecule has 0 unspecified atom stereocenters. The molecule has 0 saturated heterocycles. The summed E-state index contributed by atoms with van der Waals surface area (Å²) in [6.07, 6.45) is 2.14. The average molecular weight is 459 g/mol. The monoisotopic (exact) mass is 458 g/mol. The Hall–Kier alpha value is -2.52. The van der Waals surface area contributed by atoms with Gasteiger partial charge in [-0.05, 0) is 65.8 Å². The third-order valence-corrected chi connectivity index (χ3v) is 6.76. The zero-order valence-corrected chi connectivity index (χ0v) is 19.7. The van der Waals surface area contributed by atoms with Crippen molar-refractivity contribution in [2.45, 2.75) is 43.4 Å². The Bertz CT molecular complexity index is 904. The fourth-order valence-electron chi connectivity index (χ4n) is 5.13. The minimum Gasteiger partial charge on any atom is -0.493 e. The molecule has 33 heavy (non-hydrogen) atoms. The first kappa shape index (κ1) is 23.6. The number of ether oxygens (including phenoxy) is 4. The lowest BCUT2D eigenvalue weighted by Gasteiger charge is -2.38. The molecule has 2 heterocycles. The molecule has 4 atom stereocenters. The smallest absolute Gasteiger partial charge is 0.161 e. The van der Waals surface area contributed by atoms with Gasteiger partial charge in [-0.15, -0.1) is 0 Å². The molecule has 4 rings (SSSR count). The van der Waals surface area contributed by atoms with Gasteiger partial charge in [0.1, 0.15) is 0 Å². The molecule has 0 fully saturated rings. The Balaban J connectivity index is 1.73. The average Bonchev–Trinajstić information content (AvgIpc) is 2.86. The van der Waals surface area contributed by atoms with Gasteiger partial charge >= 0.3 is 0 Å². The number of hydrogen-bond acceptors (Lipinski definition) is 8.